The van der Waals surface area contributed by atoms with E-state index in [1.807, 2.05) is 5.51 Å². The summed E-state index contributed by atoms with van der Waals surface area (Å²) >= 11 is 1.79. The number of nitrogens with one attached hydrogen (secondary N) is 1. The van der Waals surface area contributed by atoms with Crippen LogP contribution in [0.25, 0.3) is 0 Å². The molecule has 1 aromatic rings. The fourth-order valence-corrected chi connectivity index (χ4v) is 3.21. The zero-order valence-electron chi connectivity index (χ0n) is 10.9. The number of hydrogen-bond acceptors (Lipinski definition) is 4. The normalized spacial score (nSPS) is 21.9. The Morgan fingerprint density at radius 1 is 1.59 bits per heavy atom. The third kappa shape index (κ3) is 3.76. The van der Waals surface area contributed by atoms with Gasteiger partial charge in [-0.25, -0.2) is 4.98 Å². The van der Waals surface area contributed by atoms with Crippen LogP contribution in [-0.4, -0.2) is 35.6 Å². The van der Waals surface area contributed by atoms with Gasteiger partial charge in [-0.1, -0.05) is 6.92 Å². The maximum absolute atomic E-state index is 4.33. The van der Waals surface area contributed by atoms with Crippen molar-refractivity contribution in [2.24, 2.45) is 0 Å². The number of thiazole rings is 1. The zero-order valence-corrected chi connectivity index (χ0v) is 11.7. The second-order valence-corrected chi connectivity index (χ2v) is 5.83. The van der Waals surface area contributed by atoms with Gasteiger partial charge in [0, 0.05) is 24.0 Å². The van der Waals surface area contributed by atoms with Crippen molar-refractivity contribution >= 4 is 11.3 Å². The van der Waals surface area contributed by atoms with E-state index in [0.29, 0.717) is 6.04 Å². The Morgan fingerprint density at radius 3 is 3.18 bits per heavy atom. The predicted molar refractivity (Wildman–Crippen MR) is 73.4 cm³/mol. The minimum Gasteiger partial charge on any atom is -0.313 e. The van der Waals surface area contributed by atoms with Gasteiger partial charge in [-0.2, -0.15) is 0 Å². The van der Waals surface area contributed by atoms with Crippen LogP contribution < -0.4 is 5.32 Å². The van der Waals surface area contributed by atoms with Crippen LogP contribution in [0.15, 0.2) is 5.51 Å². The molecule has 96 valence electrons. The summed E-state index contributed by atoms with van der Waals surface area (Å²) in [6, 6.07) is 0.692. The molecule has 1 aliphatic rings. The van der Waals surface area contributed by atoms with Crippen molar-refractivity contribution < 1.29 is 0 Å². The smallest absolute Gasteiger partial charge is 0.0798 e. The fourth-order valence-electron chi connectivity index (χ4n) is 2.40. The highest BCUT2D eigenvalue weighted by atomic mass is 32.1. The summed E-state index contributed by atoms with van der Waals surface area (Å²) in [5.74, 6) is 0. The molecule has 1 saturated heterocycles. The number of likely N-dealkylation sites (tertiary alicyclic amines) is 1. The summed E-state index contributed by atoms with van der Waals surface area (Å²) in [7, 11) is 0. The van der Waals surface area contributed by atoms with E-state index in [1.165, 1.54) is 42.9 Å². The summed E-state index contributed by atoms with van der Waals surface area (Å²) in [6.45, 7) is 9.01. The molecule has 1 unspecified atom stereocenters. The van der Waals surface area contributed by atoms with Crippen molar-refractivity contribution in [3.63, 3.8) is 0 Å². The first-order valence-electron chi connectivity index (χ1n) is 6.64. The second-order valence-electron chi connectivity index (χ2n) is 4.89. The standard InChI is InChI=1S/C13H23N3S/c1-3-6-14-12-5-4-7-16(8-12)9-13-11(2)15-10-17-13/h10,12,14H,3-9H2,1-2H3. The van der Waals surface area contributed by atoms with Crippen molar-refractivity contribution in [3.05, 3.63) is 16.1 Å². The van der Waals surface area contributed by atoms with Gasteiger partial charge in [0.1, 0.15) is 0 Å². The Hall–Kier alpha value is -0.450. The second kappa shape index (κ2) is 6.47. The first-order valence-corrected chi connectivity index (χ1v) is 7.52. The quantitative estimate of drug-likeness (QED) is 0.873. The molecular formula is C13H23N3S. The lowest BCUT2D eigenvalue weighted by molar-refractivity contribution is 0.184. The van der Waals surface area contributed by atoms with Crippen molar-refractivity contribution in [1.29, 1.82) is 0 Å². The number of nitrogens with zero attached hydrogens (tertiary/aromatic N) is 2. The Labute approximate surface area is 108 Å². The molecular weight excluding hydrogens is 230 g/mol. The van der Waals surface area contributed by atoms with E-state index in [4.69, 9.17) is 0 Å². The number of piperidine rings is 1. The lowest BCUT2D eigenvalue weighted by Crippen LogP contribution is -2.45. The van der Waals surface area contributed by atoms with Gasteiger partial charge in [-0.15, -0.1) is 11.3 Å². The van der Waals surface area contributed by atoms with Crippen molar-refractivity contribution in [1.82, 2.24) is 15.2 Å². The SMILES string of the molecule is CCCNC1CCCN(Cc2scnc2C)C1. The monoisotopic (exact) mass is 253 g/mol. The van der Waals surface area contributed by atoms with E-state index < -0.39 is 0 Å². The van der Waals surface area contributed by atoms with Crippen molar-refractivity contribution in [2.75, 3.05) is 19.6 Å². The molecule has 0 saturated carbocycles. The third-order valence-corrected chi connectivity index (χ3v) is 4.32. The van der Waals surface area contributed by atoms with Crippen LogP contribution in [0.2, 0.25) is 0 Å². The summed E-state index contributed by atoms with van der Waals surface area (Å²) in [6.07, 6.45) is 3.88. The van der Waals surface area contributed by atoms with Crippen LogP contribution in [0, 0.1) is 6.92 Å². The molecule has 0 bridgehead atoms. The predicted octanol–water partition coefficient (Wildman–Crippen LogP) is 2.42. The summed E-state index contributed by atoms with van der Waals surface area (Å²) in [5.41, 5.74) is 3.17. The Kier molecular flexibility index (Phi) is 4.95. The lowest BCUT2D eigenvalue weighted by Gasteiger charge is -2.33. The van der Waals surface area contributed by atoms with Crippen molar-refractivity contribution in [2.45, 2.75) is 45.7 Å². The number of rotatable bonds is 5. The topological polar surface area (TPSA) is 28.2 Å². The minimum absolute atomic E-state index is 0.692. The van der Waals surface area contributed by atoms with Gasteiger partial charge in [-0.05, 0) is 39.3 Å². The van der Waals surface area contributed by atoms with Crippen LogP contribution in [0.4, 0.5) is 0 Å². The molecule has 0 amide bonds. The van der Waals surface area contributed by atoms with Crippen LogP contribution >= 0.6 is 11.3 Å². The van der Waals surface area contributed by atoms with E-state index in [0.717, 1.165) is 13.1 Å². The number of hydrogen-bond donors (Lipinski definition) is 1. The molecule has 3 nitrogen and oxygen atoms in total. The zero-order chi connectivity index (χ0) is 12.1. The summed E-state index contributed by atoms with van der Waals surface area (Å²) < 4.78 is 0. The molecule has 17 heavy (non-hydrogen) atoms. The molecule has 0 aromatic carbocycles. The van der Waals surface area contributed by atoms with E-state index in [-0.39, 0.29) is 0 Å². The first-order chi connectivity index (χ1) is 8.29. The maximum Gasteiger partial charge on any atom is 0.0798 e. The Bertz CT molecular complexity index is 337. The highest BCUT2D eigenvalue weighted by molar-refractivity contribution is 7.09. The Balaban J connectivity index is 1.83. The largest absolute Gasteiger partial charge is 0.313 e. The molecule has 4 heteroatoms. The lowest BCUT2D eigenvalue weighted by atomic mass is 10.1. The highest BCUT2D eigenvalue weighted by Crippen LogP contribution is 2.18. The molecule has 1 aliphatic heterocycles. The third-order valence-electron chi connectivity index (χ3n) is 3.40. The molecule has 1 N–H and O–H groups in total. The molecule has 1 fully saturated rings. The molecule has 0 spiro atoms. The molecule has 1 atom stereocenters. The average molecular weight is 253 g/mol. The number of aromatic nitrogens is 1. The molecule has 1 aromatic heterocycles. The minimum atomic E-state index is 0.692. The van der Waals surface area contributed by atoms with Crippen LogP contribution in [0.5, 0.6) is 0 Å². The van der Waals surface area contributed by atoms with Gasteiger partial charge in [0.15, 0.2) is 0 Å². The summed E-state index contributed by atoms with van der Waals surface area (Å²) in [5, 5.41) is 3.64. The van der Waals surface area contributed by atoms with Gasteiger partial charge in [0.25, 0.3) is 0 Å². The van der Waals surface area contributed by atoms with E-state index in [1.54, 1.807) is 11.3 Å². The van der Waals surface area contributed by atoms with Gasteiger partial charge in [-0.3, -0.25) is 4.90 Å². The van der Waals surface area contributed by atoms with Crippen molar-refractivity contribution in [3.8, 4) is 0 Å². The fraction of sp³-hybridized carbons (Fsp3) is 0.769. The van der Waals surface area contributed by atoms with E-state index in [2.05, 4.69) is 29.0 Å². The van der Waals surface area contributed by atoms with Crippen LogP contribution in [-0.2, 0) is 6.54 Å². The first kappa shape index (κ1) is 13.0. The van der Waals surface area contributed by atoms with E-state index >= 15 is 0 Å². The average Bonchev–Trinajstić information content (AvgIpc) is 2.73. The van der Waals surface area contributed by atoms with Gasteiger partial charge < -0.3 is 5.32 Å². The molecule has 2 rings (SSSR count). The van der Waals surface area contributed by atoms with E-state index in [9.17, 15) is 0 Å². The molecule has 0 aliphatic carbocycles. The Morgan fingerprint density at radius 2 is 2.47 bits per heavy atom. The molecule has 0 radical (unpaired) electrons. The van der Waals surface area contributed by atoms with Gasteiger partial charge >= 0.3 is 0 Å². The van der Waals surface area contributed by atoms with Crippen LogP contribution in [0.3, 0.4) is 0 Å². The summed E-state index contributed by atoms with van der Waals surface area (Å²) in [4.78, 5) is 8.33. The highest BCUT2D eigenvalue weighted by Gasteiger charge is 2.20. The van der Waals surface area contributed by atoms with Gasteiger partial charge in [0.2, 0.25) is 0 Å². The van der Waals surface area contributed by atoms with Crippen LogP contribution in [0.1, 0.15) is 36.8 Å². The maximum atomic E-state index is 4.33. The number of aryl methyl sites for hydroxylation is 1. The van der Waals surface area contributed by atoms with Gasteiger partial charge in [0.05, 0.1) is 11.2 Å². The molecule has 2 heterocycles.